The fraction of sp³-hybridized carbons (Fsp3) is 1.00. The van der Waals surface area contributed by atoms with Gasteiger partial charge in [0.05, 0.1) is 0 Å². The van der Waals surface area contributed by atoms with Crippen LogP contribution in [0.3, 0.4) is 0 Å². The quantitative estimate of drug-likeness (QED) is 0.379. The highest BCUT2D eigenvalue weighted by Gasteiger charge is 2.15. The Hall–Kier alpha value is -0.0800. The summed E-state index contributed by atoms with van der Waals surface area (Å²) < 4.78 is 0. The van der Waals surface area contributed by atoms with Crippen molar-refractivity contribution in [2.75, 3.05) is 13.2 Å². The standard InChI is InChI=1S/C19H40O2/c1-3-4-5-6-7-8-9-10-11-12-13-18(2)19(14-16-20)15-17-21/h18-21H,3-17H2,1-2H3. The highest BCUT2D eigenvalue weighted by atomic mass is 16.3. The maximum absolute atomic E-state index is 9.08. The lowest BCUT2D eigenvalue weighted by Gasteiger charge is -2.22. The number of aliphatic hydroxyl groups excluding tert-OH is 2. The molecule has 0 saturated carbocycles. The van der Waals surface area contributed by atoms with Gasteiger partial charge in [0.1, 0.15) is 0 Å². The zero-order valence-electron chi connectivity index (χ0n) is 14.7. The van der Waals surface area contributed by atoms with Crippen LogP contribution >= 0.6 is 0 Å². The van der Waals surface area contributed by atoms with E-state index in [4.69, 9.17) is 10.2 Å². The SMILES string of the molecule is CCCCCCCCCCCCC(C)C(CCO)CCO. The first-order chi connectivity index (χ1) is 10.3. The molecule has 0 bridgehead atoms. The molecule has 2 nitrogen and oxygen atoms in total. The average Bonchev–Trinajstić information content (AvgIpc) is 2.48. The van der Waals surface area contributed by atoms with E-state index in [0.717, 1.165) is 12.8 Å². The predicted molar refractivity (Wildman–Crippen MR) is 92.5 cm³/mol. The van der Waals surface area contributed by atoms with E-state index in [1.54, 1.807) is 0 Å². The van der Waals surface area contributed by atoms with Crippen molar-refractivity contribution in [2.45, 2.75) is 97.3 Å². The van der Waals surface area contributed by atoms with Crippen LogP contribution in [0, 0.1) is 11.8 Å². The van der Waals surface area contributed by atoms with Crippen molar-refractivity contribution in [1.29, 1.82) is 0 Å². The largest absolute Gasteiger partial charge is 0.396 e. The molecule has 1 unspecified atom stereocenters. The van der Waals surface area contributed by atoms with Gasteiger partial charge < -0.3 is 10.2 Å². The van der Waals surface area contributed by atoms with Crippen molar-refractivity contribution < 1.29 is 10.2 Å². The summed E-state index contributed by atoms with van der Waals surface area (Å²) in [4.78, 5) is 0. The maximum atomic E-state index is 9.08. The Morgan fingerprint density at radius 3 is 1.48 bits per heavy atom. The second-order valence-electron chi connectivity index (χ2n) is 6.73. The van der Waals surface area contributed by atoms with Gasteiger partial charge in [-0.1, -0.05) is 84.5 Å². The van der Waals surface area contributed by atoms with Gasteiger partial charge in [-0.25, -0.2) is 0 Å². The summed E-state index contributed by atoms with van der Waals surface area (Å²) >= 11 is 0. The Kier molecular flexibility index (Phi) is 16.2. The van der Waals surface area contributed by atoms with Crippen LogP contribution in [0.5, 0.6) is 0 Å². The summed E-state index contributed by atoms with van der Waals surface area (Å²) in [6, 6.07) is 0. The van der Waals surface area contributed by atoms with Crippen molar-refractivity contribution in [3.63, 3.8) is 0 Å². The molecule has 0 aliphatic carbocycles. The molecule has 0 aromatic carbocycles. The molecule has 0 aliphatic heterocycles. The molecule has 21 heavy (non-hydrogen) atoms. The molecule has 1 atom stereocenters. The van der Waals surface area contributed by atoms with Crippen LogP contribution in [-0.2, 0) is 0 Å². The normalized spacial score (nSPS) is 13.0. The first-order valence-corrected chi connectivity index (χ1v) is 9.47. The number of hydrogen-bond donors (Lipinski definition) is 2. The fourth-order valence-electron chi connectivity index (χ4n) is 3.23. The van der Waals surface area contributed by atoms with Crippen molar-refractivity contribution >= 4 is 0 Å². The van der Waals surface area contributed by atoms with Crippen LogP contribution in [0.4, 0.5) is 0 Å². The minimum absolute atomic E-state index is 0.257. The van der Waals surface area contributed by atoms with Crippen LogP contribution in [0.1, 0.15) is 97.3 Å². The summed E-state index contributed by atoms with van der Waals surface area (Å²) in [6.07, 6.45) is 16.8. The lowest BCUT2D eigenvalue weighted by molar-refractivity contribution is 0.176. The minimum Gasteiger partial charge on any atom is -0.396 e. The minimum atomic E-state index is 0.257. The van der Waals surface area contributed by atoms with E-state index in [2.05, 4.69) is 13.8 Å². The first kappa shape index (κ1) is 20.9. The van der Waals surface area contributed by atoms with Crippen LogP contribution in [-0.4, -0.2) is 23.4 Å². The van der Waals surface area contributed by atoms with Crippen molar-refractivity contribution in [1.82, 2.24) is 0 Å². The lowest BCUT2D eigenvalue weighted by atomic mass is 9.85. The summed E-state index contributed by atoms with van der Waals surface area (Å²) in [5.74, 6) is 1.14. The molecule has 2 heteroatoms. The van der Waals surface area contributed by atoms with Crippen molar-refractivity contribution in [2.24, 2.45) is 11.8 Å². The zero-order valence-corrected chi connectivity index (χ0v) is 14.7. The van der Waals surface area contributed by atoms with E-state index in [1.165, 1.54) is 70.6 Å². The number of unbranched alkanes of at least 4 members (excludes halogenated alkanes) is 9. The monoisotopic (exact) mass is 300 g/mol. The van der Waals surface area contributed by atoms with Crippen molar-refractivity contribution in [3.05, 3.63) is 0 Å². The smallest absolute Gasteiger partial charge is 0.0433 e. The van der Waals surface area contributed by atoms with E-state index in [0.29, 0.717) is 11.8 Å². The number of aliphatic hydroxyl groups is 2. The van der Waals surface area contributed by atoms with Crippen LogP contribution < -0.4 is 0 Å². The average molecular weight is 301 g/mol. The Bertz CT molecular complexity index is 188. The van der Waals surface area contributed by atoms with Crippen LogP contribution in [0.25, 0.3) is 0 Å². The summed E-state index contributed by atoms with van der Waals surface area (Å²) in [5.41, 5.74) is 0. The Balaban J connectivity index is 3.39. The third kappa shape index (κ3) is 13.3. The predicted octanol–water partition coefficient (Wildman–Crippen LogP) is 5.31. The van der Waals surface area contributed by atoms with Gasteiger partial charge in [-0.15, -0.1) is 0 Å². The molecular formula is C19H40O2. The number of hydrogen-bond acceptors (Lipinski definition) is 2. The van der Waals surface area contributed by atoms with Crippen molar-refractivity contribution in [3.8, 4) is 0 Å². The third-order valence-electron chi connectivity index (χ3n) is 4.82. The molecule has 0 aromatic heterocycles. The topological polar surface area (TPSA) is 40.5 Å². The van der Waals surface area contributed by atoms with Gasteiger partial charge >= 0.3 is 0 Å². The Labute approximate surface area is 133 Å². The summed E-state index contributed by atoms with van der Waals surface area (Å²) in [6.45, 7) is 5.07. The molecule has 0 amide bonds. The maximum Gasteiger partial charge on any atom is 0.0433 e. The molecule has 0 heterocycles. The Morgan fingerprint density at radius 1 is 0.619 bits per heavy atom. The molecular weight excluding hydrogens is 260 g/mol. The molecule has 0 rings (SSSR count). The highest BCUT2D eigenvalue weighted by Crippen LogP contribution is 2.24. The highest BCUT2D eigenvalue weighted by molar-refractivity contribution is 4.66. The third-order valence-corrected chi connectivity index (χ3v) is 4.82. The lowest BCUT2D eigenvalue weighted by Crippen LogP contribution is -2.15. The molecule has 0 fully saturated rings. The molecule has 0 aliphatic rings. The van der Waals surface area contributed by atoms with Gasteiger partial charge in [0, 0.05) is 13.2 Å². The molecule has 0 radical (unpaired) electrons. The second-order valence-corrected chi connectivity index (χ2v) is 6.73. The van der Waals surface area contributed by atoms with Gasteiger partial charge in [0.15, 0.2) is 0 Å². The van der Waals surface area contributed by atoms with Gasteiger partial charge in [-0.2, -0.15) is 0 Å². The van der Waals surface area contributed by atoms with Crippen LogP contribution in [0.2, 0.25) is 0 Å². The summed E-state index contributed by atoms with van der Waals surface area (Å²) in [5, 5.41) is 18.2. The molecule has 2 N–H and O–H groups in total. The molecule has 128 valence electrons. The van der Waals surface area contributed by atoms with Gasteiger partial charge in [0.2, 0.25) is 0 Å². The summed E-state index contributed by atoms with van der Waals surface area (Å²) in [7, 11) is 0. The van der Waals surface area contributed by atoms with Gasteiger partial charge in [-0.3, -0.25) is 0 Å². The van der Waals surface area contributed by atoms with E-state index in [9.17, 15) is 0 Å². The molecule has 0 saturated heterocycles. The van der Waals surface area contributed by atoms with E-state index in [1.807, 2.05) is 0 Å². The molecule has 0 aromatic rings. The second kappa shape index (κ2) is 16.3. The zero-order chi connectivity index (χ0) is 15.8. The van der Waals surface area contributed by atoms with Gasteiger partial charge in [0.25, 0.3) is 0 Å². The number of rotatable bonds is 16. The van der Waals surface area contributed by atoms with Crippen LogP contribution in [0.15, 0.2) is 0 Å². The first-order valence-electron chi connectivity index (χ1n) is 9.47. The van der Waals surface area contributed by atoms with E-state index < -0.39 is 0 Å². The van der Waals surface area contributed by atoms with E-state index >= 15 is 0 Å². The fourth-order valence-corrected chi connectivity index (χ4v) is 3.23. The van der Waals surface area contributed by atoms with E-state index in [-0.39, 0.29) is 13.2 Å². The molecule has 0 spiro atoms. The van der Waals surface area contributed by atoms with Gasteiger partial charge in [-0.05, 0) is 24.7 Å². The Morgan fingerprint density at radius 2 is 1.05 bits per heavy atom.